The van der Waals surface area contributed by atoms with E-state index in [-0.39, 0.29) is 5.54 Å². The van der Waals surface area contributed by atoms with Crippen LogP contribution >= 0.6 is 11.6 Å². The number of nitrogens with one attached hydrogen (secondary N) is 1. The van der Waals surface area contributed by atoms with Gasteiger partial charge in [-0.25, -0.2) is 0 Å². The quantitative estimate of drug-likeness (QED) is 0.898. The molecule has 1 aromatic carbocycles. The van der Waals surface area contributed by atoms with E-state index >= 15 is 0 Å². The third-order valence-electron chi connectivity index (χ3n) is 4.27. The van der Waals surface area contributed by atoms with E-state index in [9.17, 15) is 0 Å². The van der Waals surface area contributed by atoms with Crippen LogP contribution in [0.15, 0.2) is 24.3 Å². The lowest BCUT2D eigenvalue weighted by Gasteiger charge is -2.47. The first kappa shape index (κ1) is 13.7. The second-order valence-corrected chi connectivity index (χ2v) is 5.76. The van der Waals surface area contributed by atoms with Gasteiger partial charge in [0.1, 0.15) is 0 Å². The molecule has 1 heterocycles. The Morgan fingerprint density at radius 2 is 2.11 bits per heavy atom. The monoisotopic (exact) mass is 266 g/mol. The van der Waals surface area contributed by atoms with Crippen molar-refractivity contribution in [2.75, 3.05) is 18.0 Å². The van der Waals surface area contributed by atoms with Gasteiger partial charge in [-0.05, 0) is 38.0 Å². The molecule has 18 heavy (non-hydrogen) atoms. The highest BCUT2D eigenvalue weighted by atomic mass is 35.5. The summed E-state index contributed by atoms with van der Waals surface area (Å²) >= 11 is 6.11. The van der Waals surface area contributed by atoms with Gasteiger partial charge in [-0.15, -0.1) is 0 Å². The maximum absolute atomic E-state index is 6.11. The molecule has 1 aromatic rings. The molecule has 0 radical (unpaired) electrons. The molecule has 0 spiro atoms. The van der Waals surface area contributed by atoms with Gasteiger partial charge in [0.25, 0.3) is 0 Å². The zero-order chi connectivity index (χ0) is 13.2. The topological polar surface area (TPSA) is 15.3 Å². The fraction of sp³-hybridized carbons (Fsp3) is 0.600. The van der Waals surface area contributed by atoms with E-state index in [0.717, 1.165) is 31.0 Å². The number of anilines is 1. The van der Waals surface area contributed by atoms with Gasteiger partial charge in [-0.2, -0.15) is 0 Å². The minimum atomic E-state index is 0.245. The van der Waals surface area contributed by atoms with Crippen molar-refractivity contribution in [1.82, 2.24) is 5.32 Å². The first-order valence-electron chi connectivity index (χ1n) is 6.87. The molecule has 3 heteroatoms. The minimum absolute atomic E-state index is 0.245. The standard InChI is InChI=1S/C15H23ClN2/c1-4-15(5-2)11-18(12(3)10-17-15)14-8-6-7-13(16)9-14/h6-9,12,17H,4-5,10-11H2,1-3H3. The van der Waals surface area contributed by atoms with E-state index in [1.165, 1.54) is 5.69 Å². The fourth-order valence-corrected chi connectivity index (χ4v) is 2.92. The molecule has 0 aromatic heterocycles. The van der Waals surface area contributed by atoms with E-state index in [2.05, 4.69) is 43.1 Å². The summed E-state index contributed by atoms with van der Waals surface area (Å²) in [5, 5.41) is 4.54. The van der Waals surface area contributed by atoms with E-state index in [1.54, 1.807) is 0 Å². The van der Waals surface area contributed by atoms with E-state index in [1.807, 2.05) is 12.1 Å². The molecular weight excluding hydrogens is 244 g/mol. The van der Waals surface area contributed by atoms with Gasteiger partial charge in [-0.3, -0.25) is 0 Å². The molecule has 100 valence electrons. The molecule has 2 nitrogen and oxygen atoms in total. The zero-order valence-corrected chi connectivity index (χ0v) is 12.3. The Balaban J connectivity index is 2.25. The van der Waals surface area contributed by atoms with Crippen molar-refractivity contribution in [2.45, 2.75) is 45.2 Å². The van der Waals surface area contributed by atoms with Crippen LogP contribution in [0.5, 0.6) is 0 Å². The molecule has 1 aliphatic heterocycles. The molecular formula is C15H23ClN2. The Labute approximate surface area is 115 Å². The van der Waals surface area contributed by atoms with Gasteiger partial charge < -0.3 is 10.2 Å². The SMILES string of the molecule is CCC1(CC)CN(c2cccc(Cl)c2)C(C)CN1. The first-order chi connectivity index (χ1) is 8.60. The molecule has 0 saturated carbocycles. The van der Waals surface area contributed by atoms with Crippen LogP contribution in [0.4, 0.5) is 5.69 Å². The maximum Gasteiger partial charge on any atom is 0.0426 e. The predicted molar refractivity (Wildman–Crippen MR) is 79.6 cm³/mol. The molecule has 2 rings (SSSR count). The summed E-state index contributed by atoms with van der Waals surface area (Å²) in [6, 6.07) is 8.70. The molecule has 1 unspecified atom stereocenters. The van der Waals surface area contributed by atoms with Crippen LogP contribution in [0.3, 0.4) is 0 Å². The van der Waals surface area contributed by atoms with Gasteiger partial charge in [-0.1, -0.05) is 31.5 Å². The van der Waals surface area contributed by atoms with Crippen LogP contribution in [-0.4, -0.2) is 24.7 Å². The normalized spacial score (nSPS) is 23.1. The molecule has 0 bridgehead atoms. The van der Waals surface area contributed by atoms with Crippen LogP contribution in [0.2, 0.25) is 5.02 Å². The molecule has 1 aliphatic rings. The summed E-state index contributed by atoms with van der Waals surface area (Å²) in [6.45, 7) is 8.89. The van der Waals surface area contributed by atoms with Crippen molar-refractivity contribution in [3.8, 4) is 0 Å². The highest BCUT2D eigenvalue weighted by Crippen LogP contribution is 2.28. The third kappa shape index (κ3) is 2.65. The van der Waals surface area contributed by atoms with Crippen molar-refractivity contribution in [1.29, 1.82) is 0 Å². The van der Waals surface area contributed by atoms with Crippen LogP contribution in [-0.2, 0) is 0 Å². The van der Waals surface area contributed by atoms with Gasteiger partial charge in [0.15, 0.2) is 0 Å². The van der Waals surface area contributed by atoms with Gasteiger partial charge in [0, 0.05) is 35.4 Å². The number of piperazine rings is 1. The van der Waals surface area contributed by atoms with Crippen molar-refractivity contribution >= 4 is 17.3 Å². The number of rotatable bonds is 3. The summed E-state index contributed by atoms with van der Waals surface area (Å²) in [5.74, 6) is 0. The summed E-state index contributed by atoms with van der Waals surface area (Å²) in [5.41, 5.74) is 1.48. The zero-order valence-electron chi connectivity index (χ0n) is 11.5. The summed E-state index contributed by atoms with van der Waals surface area (Å²) < 4.78 is 0. The molecule has 1 fully saturated rings. The third-order valence-corrected chi connectivity index (χ3v) is 4.51. The molecule has 1 saturated heterocycles. The number of halogens is 1. The van der Waals surface area contributed by atoms with Crippen LogP contribution < -0.4 is 10.2 Å². The Morgan fingerprint density at radius 1 is 1.39 bits per heavy atom. The summed E-state index contributed by atoms with van der Waals surface area (Å²) in [4.78, 5) is 2.48. The Bertz CT molecular complexity index is 401. The number of benzene rings is 1. The Morgan fingerprint density at radius 3 is 2.72 bits per heavy atom. The molecule has 1 atom stereocenters. The molecule has 1 N–H and O–H groups in total. The average molecular weight is 267 g/mol. The van der Waals surface area contributed by atoms with Crippen molar-refractivity contribution < 1.29 is 0 Å². The average Bonchev–Trinajstić information content (AvgIpc) is 2.40. The second kappa shape index (κ2) is 5.50. The van der Waals surface area contributed by atoms with Crippen LogP contribution in [0, 0.1) is 0 Å². The van der Waals surface area contributed by atoms with E-state index < -0.39 is 0 Å². The summed E-state index contributed by atoms with van der Waals surface area (Å²) in [6.07, 6.45) is 2.32. The van der Waals surface area contributed by atoms with Crippen LogP contribution in [0.1, 0.15) is 33.6 Å². The minimum Gasteiger partial charge on any atom is -0.366 e. The largest absolute Gasteiger partial charge is 0.366 e. The lowest BCUT2D eigenvalue weighted by atomic mass is 9.88. The number of nitrogens with zero attached hydrogens (tertiary/aromatic N) is 1. The first-order valence-corrected chi connectivity index (χ1v) is 7.25. The molecule has 0 aliphatic carbocycles. The van der Waals surface area contributed by atoms with Crippen molar-refractivity contribution in [2.24, 2.45) is 0 Å². The van der Waals surface area contributed by atoms with Gasteiger partial charge in [0.05, 0.1) is 0 Å². The van der Waals surface area contributed by atoms with Gasteiger partial charge >= 0.3 is 0 Å². The number of hydrogen-bond donors (Lipinski definition) is 1. The number of hydrogen-bond acceptors (Lipinski definition) is 2. The Hall–Kier alpha value is -0.730. The van der Waals surface area contributed by atoms with Gasteiger partial charge in [0.2, 0.25) is 0 Å². The highest BCUT2D eigenvalue weighted by Gasteiger charge is 2.35. The smallest absolute Gasteiger partial charge is 0.0426 e. The van der Waals surface area contributed by atoms with E-state index in [0.29, 0.717) is 6.04 Å². The van der Waals surface area contributed by atoms with Crippen LogP contribution in [0.25, 0.3) is 0 Å². The predicted octanol–water partition coefficient (Wildman–Crippen LogP) is 3.70. The summed E-state index contributed by atoms with van der Waals surface area (Å²) in [7, 11) is 0. The lowest BCUT2D eigenvalue weighted by molar-refractivity contribution is 0.254. The van der Waals surface area contributed by atoms with Crippen molar-refractivity contribution in [3.63, 3.8) is 0 Å². The fourth-order valence-electron chi connectivity index (χ4n) is 2.74. The Kier molecular flexibility index (Phi) is 4.18. The van der Waals surface area contributed by atoms with Crippen molar-refractivity contribution in [3.05, 3.63) is 29.3 Å². The van der Waals surface area contributed by atoms with E-state index in [4.69, 9.17) is 11.6 Å². The maximum atomic E-state index is 6.11. The lowest BCUT2D eigenvalue weighted by Crippen LogP contribution is -2.63. The molecule has 0 amide bonds. The second-order valence-electron chi connectivity index (χ2n) is 5.33. The highest BCUT2D eigenvalue weighted by molar-refractivity contribution is 6.30.